The monoisotopic (exact) mass is 221 g/mol. The summed E-state index contributed by atoms with van der Waals surface area (Å²) in [5, 5.41) is 16.0. The van der Waals surface area contributed by atoms with Crippen molar-refractivity contribution in [2.45, 2.75) is 12.8 Å². The Hall–Kier alpha value is -2.34. The smallest absolute Gasteiger partial charge is 0.0991 e. The van der Waals surface area contributed by atoms with Crippen molar-refractivity contribution in [2.75, 3.05) is 0 Å². The number of hydrogen-bond donors (Lipinski definition) is 1. The van der Waals surface area contributed by atoms with Crippen molar-refractivity contribution in [1.29, 1.82) is 5.26 Å². The number of benzene rings is 1. The summed E-state index contributed by atoms with van der Waals surface area (Å²) >= 11 is 0. The highest BCUT2D eigenvalue weighted by molar-refractivity contribution is 5.81. The molecule has 0 saturated heterocycles. The maximum Gasteiger partial charge on any atom is 0.0991 e. The summed E-state index contributed by atoms with van der Waals surface area (Å²) in [6.45, 7) is 0. The highest BCUT2D eigenvalue weighted by Gasteiger charge is 2.15. The molecule has 1 N–H and O–H groups in total. The van der Waals surface area contributed by atoms with E-state index in [1.807, 2.05) is 30.5 Å². The number of aryl methyl sites for hydroxylation is 1. The van der Waals surface area contributed by atoms with E-state index in [0.717, 1.165) is 24.1 Å². The van der Waals surface area contributed by atoms with Gasteiger partial charge >= 0.3 is 0 Å². The number of fused-ring (bicyclic) bond motifs is 1. The Morgan fingerprint density at radius 2 is 2.06 bits per heavy atom. The summed E-state index contributed by atoms with van der Waals surface area (Å²) in [6, 6.07) is 9.82. The predicted molar refractivity (Wildman–Crippen MR) is 65.1 cm³/mol. The van der Waals surface area contributed by atoms with E-state index in [0.29, 0.717) is 5.56 Å². The average Bonchev–Trinajstić information content (AvgIpc) is 2.87. The molecule has 1 aliphatic rings. The Morgan fingerprint density at radius 1 is 1.24 bits per heavy atom. The van der Waals surface area contributed by atoms with Crippen LogP contribution in [0.15, 0.2) is 36.5 Å². The van der Waals surface area contributed by atoms with Crippen LogP contribution in [0.4, 0.5) is 0 Å². The van der Waals surface area contributed by atoms with Crippen LogP contribution in [0.5, 0.6) is 0 Å². The Bertz CT molecular complexity index is 612. The molecule has 0 spiro atoms. The SMILES string of the molecule is N#Cc1ccc(C2=CCCc3n[nH]cc32)cc1. The molecule has 0 saturated carbocycles. The molecule has 3 heteroatoms. The first-order valence-corrected chi connectivity index (χ1v) is 5.62. The molecule has 0 unspecified atom stereocenters. The maximum atomic E-state index is 8.78. The molecule has 2 aromatic rings. The van der Waals surface area contributed by atoms with Crippen LogP contribution in [-0.4, -0.2) is 10.2 Å². The third-order valence-electron chi connectivity index (χ3n) is 3.06. The molecule has 0 radical (unpaired) electrons. The summed E-state index contributed by atoms with van der Waals surface area (Å²) in [7, 11) is 0. The summed E-state index contributed by atoms with van der Waals surface area (Å²) < 4.78 is 0. The van der Waals surface area contributed by atoms with Gasteiger partial charge in [-0.25, -0.2) is 0 Å². The molecule has 0 atom stereocenters. The number of nitrogens with zero attached hydrogens (tertiary/aromatic N) is 2. The van der Waals surface area contributed by atoms with Crippen molar-refractivity contribution in [2.24, 2.45) is 0 Å². The van der Waals surface area contributed by atoms with Gasteiger partial charge in [-0.2, -0.15) is 10.4 Å². The van der Waals surface area contributed by atoms with Gasteiger partial charge < -0.3 is 0 Å². The lowest BCUT2D eigenvalue weighted by atomic mass is 9.91. The second kappa shape index (κ2) is 3.91. The minimum Gasteiger partial charge on any atom is -0.285 e. The van der Waals surface area contributed by atoms with E-state index in [4.69, 9.17) is 5.26 Å². The van der Waals surface area contributed by atoms with Crippen molar-refractivity contribution in [3.8, 4) is 6.07 Å². The van der Waals surface area contributed by atoms with Crippen molar-refractivity contribution < 1.29 is 0 Å². The quantitative estimate of drug-likeness (QED) is 0.804. The first kappa shape index (κ1) is 9.86. The Balaban J connectivity index is 2.05. The molecular weight excluding hydrogens is 210 g/mol. The van der Waals surface area contributed by atoms with Crippen molar-refractivity contribution >= 4 is 5.57 Å². The molecule has 1 aromatic heterocycles. The van der Waals surface area contributed by atoms with Gasteiger partial charge in [-0.3, -0.25) is 5.10 Å². The van der Waals surface area contributed by atoms with Gasteiger partial charge in [-0.15, -0.1) is 0 Å². The molecule has 82 valence electrons. The van der Waals surface area contributed by atoms with E-state index >= 15 is 0 Å². The molecule has 0 fully saturated rings. The standard InChI is InChI=1S/C14H11N3/c15-8-10-4-6-11(7-5-10)12-2-1-3-14-13(12)9-16-17-14/h2,4-7,9H,1,3H2,(H,16,17). The molecule has 3 rings (SSSR count). The molecule has 1 aliphatic carbocycles. The Labute approximate surface area is 99.4 Å². The van der Waals surface area contributed by atoms with Crippen molar-refractivity contribution in [1.82, 2.24) is 10.2 Å². The minimum absolute atomic E-state index is 0.692. The number of nitriles is 1. The normalized spacial score (nSPS) is 13.7. The van der Waals surface area contributed by atoms with Crippen LogP contribution in [0.25, 0.3) is 5.57 Å². The van der Waals surface area contributed by atoms with E-state index in [-0.39, 0.29) is 0 Å². The molecule has 0 amide bonds. The summed E-state index contributed by atoms with van der Waals surface area (Å²) in [4.78, 5) is 0. The number of aromatic amines is 1. The van der Waals surface area contributed by atoms with Gasteiger partial charge in [0, 0.05) is 11.8 Å². The fourth-order valence-corrected chi connectivity index (χ4v) is 2.20. The van der Waals surface area contributed by atoms with Crippen molar-refractivity contribution in [3.63, 3.8) is 0 Å². The number of aromatic nitrogens is 2. The topological polar surface area (TPSA) is 52.5 Å². The lowest BCUT2D eigenvalue weighted by molar-refractivity contribution is 0.903. The molecule has 3 nitrogen and oxygen atoms in total. The number of allylic oxidation sites excluding steroid dienone is 1. The third kappa shape index (κ3) is 1.64. The first-order chi connectivity index (χ1) is 8.38. The number of rotatable bonds is 1. The van der Waals surface area contributed by atoms with Gasteiger partial charge in [0.25, 0.3) is 0 Å². The van der Waals surface area contributed by atoms with Gasteiger partial charge in [-0.05, 0) is 36.1 Å². The fourth-order valence-electron chi connectivity index (χ4n) is 2.20. The highest BCUT2D eigenvalue weighted by atomic mass is 15.1. The molecule has 1 heterocycles. The zero-order valence-electron chi connectivity index (χ0n) is 9.27. The first-order valence-electron chi connectivity index (χ1n) is 5.62. The number of H-pyrrole nitrogens is 1. The van der Waals surface area contributed by atoms with E-state index in [1.54, 1.807) is 0 Å². The van der Waals surface area contributed by atoms with Gasteiger partial charge in [0.15, 0.2) is 0 Å². The van der Waals surface area contributed by atoms with Gasteiger partial charge in [0.2, 0.25) is 0 Å². The highest BCUT2D eigenvalue weighted by Crippen LogP contribution is 2.30. The molecule has 1 aromatic carbocycles. The van der Waals surface area contributed by atoms with Crippen LogP contribution >= 0.6 is 0 Å². The number of hydrogen-bond acceptors (Lipinski definition) is 2. The Morgan fingerprint density at radius 3 is 2.82 bits per heavy atom. The van der Waals surface area contributed by atoms with Crippen LogP contribution in [0.3, 0.4) is 0 Å². The van der Waals surface area contributed by atoms with E-state index in [1.165, 1.54) is 11.1 Å². The molecule has 0 bridgehead atoms. The lowest BCUT2D eigenvalue weighted by Crippen LogP contribution is -1.99. The Kier molecular flexibility index (Phi) is 2.27. The summed E-state index contributed by atoms with van der Waals surface area (Å²) in [5.74, 6) is 0. The third-order valence-corrected chi connectivity index (χ3v) is 3.06. The molecule has 17 heavy (non-hydrogen) atoms. The van der Waals surface area contributed by atoms with Crippen LogP contribution in [0, 0.1) is 11.3 Å². The molecular formula is C14H11N3. The summed E-state index contributed by atoms with van der Waals surface area (Å²) in [6.07, 6.45) is 6.20. The average molecular weight is 221 g/mol. The van der Waals surface area contributed by atoms with Gasteiger partial charge in [-0.1, -0.05) is 18.2 Å². The van der Waals surface area contributed by atoms with E-state index < -0.39 is 0 Å². The van der Waals surface area contributed by atoms with Crippen LogP contribution in [0.2, 0.25) is 0 Å². The van der Waals surface area contributed by atoms with Crippen LogP contribution in [0.1, 0.15) is 28.8 Å². The van der Waals surface area contributed by atoms with Crippen molar-refractivity contribution in [3.05, 3.63) is 58.9 Å². The van der Waals surface area contributed by atoms with Gasteiger partial charge in [0.05, 0.1) is 17.3 Å². The minimum atomic E-state index is 0.692. The second-order valence-corrected chi connectivity index (χ2v) is 4.09. The summed E-state index contributed by atoms with van der Waals surface area (Å²) in [5.41, 5.74) is 5.36. The van der Waals surface area contributed by atoms with Crippen LogP contribution < -0.4 is 0 Å². The maximum absolute atomic E-state index is 8.78. The largest absolute Gasteiger partial charge is 0.285 e. The van der Waals surface area contributed by atoms with E-state index in [2.05, 4.69) is 22.3 Å². The fraction of sp³-hybridized carbons (Fsp3) is 0.143. The zero-order valence-corrected chi connectivity index (χ0v) is 9.27. The van der Waals surface area contributed by atoms with E-state index in [9.17, 15) is 0 Å². The predicted octanol–water partition coefficient (Wildman–Crippen LogP) is 2.66. The zero-order chi connectivity index (χ0) is 11.7. The van der Waals surface area contributed by atoms with Gasteiger partial charge in [0.1, 0.15) is 0 Å². The second-order valence-electron chi connectivity index (χ2n) is 4.09. The lowest BCUT2D eigenvalue weighted by Gasteiger charge is -2.12. The van der Waals surface area contributed by atoms with Crippen LogP contribution in [-0.2, 0) is 6.42 Å². The number of nitrogens with one attached hydrogen (secondary N) is 1. The molecule has 0 aliphatic heterocycles.